The average molecular weight is 374 g/mol. The number of aromatic nitrogens is 5. The number of carboxylic acids is 1. The van der Waals surface area contributed by atoms with Crippen molar-refractivity contribution < 1.29 is 14.7 Å². The Labute approximate surface area is 153 Å². The van der Waals surface area contributed by atoms with E-state index in [4.69, 9.17) is 5.11 Å². The van der Waals surface area contributed by atoms with Crippen molar-refractivity contribution >= 4 is 28.3 Å². The van der Waals surface area contributed by atoms with Crippen molar-refractivity contribution in [1.29, 1.82) is 0 Å². The lowest BCUT2D eigenvalue weighted by molar-refractivity contribution is -0.137. The number of nitrogens with zero attached hydrogens (tertiary/aromatic N) is 5. The van der Waals surface area contributed by atoms with Crippen LogP contribution < -0.4 is 5.32 Å². The van der Waals surface area contributed by atoms with Crippen LogP contribution in [-0.2, 0) is 17.9 Å². The van der Waals surface area contributed by atoms with Gasteiger partial charge in [0.1, 0.15) is 0 Å². The van der Waals surface area contributed by atoms with E-state index < -0.39 is 5.97 Å². The van der Waals surface area contributed by atoms with Gasteiger partial charge in [-0.05, 0) is 13.8 Å². The number of carbonyl (C=O) groups excluding carboxylic acids is 1. The highest BCUT2D eigenvalue weighted by Crippen LogP contribution is 2.27. The molecule has 0 saturated heterocycles. The summed E-state index contributed by atoms with van der Waals surface area (Å²) in [7, 11) is 0. The third-order valence-electron chi connectivity index (χ3n) is 3.72. The molecule has 0 fully saturated rings. The zero-order valence-electron chi connectivity index (χ0n) is 14.3. The van der Waals surface area contributed by atoms with E-state index in [1.54, 1.807) is 0 Å². The van der Waals surface area contributed by atoms with Gasteiger partial charge in [0.05, 0.1) is 36.1 Å². The van der Waals surface area contributed by atoms with Crippen LogP contribution in [0.5, 0.6) is 0 Å². The largest absolute Gasteiger partial charge is 0.481 e. The first-order valence-electron chi connectivity index (χ1n) is 8.01. The van der Waals surface area contributed by atoms with Crippen LogP contribution in [0.15, 0.2) is 24.0 Å². The standard InChI is InChI=1S/C16H18N6O3S/c1-3-21-8-12(10(2)20-21)13-9-26-16(18-13)19-15(25)11-6-17-22(7-11)5-4-14(23)24/h6-9H,3-5H2,1-2H3,(H,23,24)(H,18,19,25). The van der Waals surface area contributed by atoms with E-state index in [1.807, 2.05) is 30.1 Å². The van der Waals surface area contributed by atoms with Gasteiger partial charge in [-0.1, -0.05) is 0 Å². The number of rotatable bonds is 7. The molecule has 0 aliphatic heterocycles. The maximum atomic E-state index is 12.3. The number of anilines is 1. The highest BCUT2D eigenvalue weighted by atomic mass is 32.1. The van der Waals surface area contributed by atoms with Crippen molar-refractivity contribution in [3.8, 4) is 11.3 Å². The molecular formula is C16H18N6O3S. The fourth-order valence-electron chi connectivity index (χ4n) is 2.37. The molecule has 0 saturated carbocycles. The Morgan fingerprint density at radius 3 is 2.81 bits per heavy atom. The molecular weight excluding hydrogens is 356 g/mol. The lowest BCUT2D eigenvalue weighted by Gasteiger charge is -1.99. The normalized spacial score (nSPS) is 10.8. The van der Waals surface area contributed by atoms with Gasteiger partial charge in [0.25, 0.3) is 5.91 Å². The molecule has 1 amide bonds. The molecule has 3 aromatic rings. The minimum absolute atomic E-state index is 0.0522. The summed E-state index contributed by atoms with van der Waals surface area (Å²) < 4.78 is 3.27. The minimum Gasteiger partial charge on any atom is -0.481 e. The molecule has 0 aromatic carbocycles. The van der Waals surface area contributed by atoms with Gasteiger partial charge >= 0.3 is 5.97 Å². The number of hydrogen-bond donors (Lipinski definition) is 2. The number of hydrogen-bond acceptors (Lipinski definition) is 6. The quantitative estimate of drug-likeness (QED) is 0.655. The second-order valence-electron chi connectivity index (χ2n) is 5.61. The smallest absolute Gasteiger partial charge is 0.305 e. The fourth-order valence-corrected chi connectivity index (χ4v) is 3.07. The molecule has 0 aliphatic rings. The van der Waals surface area contributed by atoms with Gasteiger partial charge in [-0.15, -0.1) is 11.3 Å². The summed E-state index contributed by atoms with van der Waals surface area (Å²) in [6.07, 6.45) is 4.80. The van der Waals surface area contributed by atoms with Crippen LogP contribution >= 0.6 is 11.3 Å². The molecule has 3 aromatic heterocycles. The first-order valence-corrected chi connectivity index (χ1v) is 8.89. The van der Waals surface area contributed by atoms with Crippen molar-refractivity contribution in [3.05, 3.63) is 35.2 Å². The van der Waals surface area contributed by atoms with E-state index in [0.717, 1.165) is 23.5 Å². The van der Waals surface area contributed by atoms with Crippen LogP contribution in [0.2, 0.25) is 0 Å². The maximum Gasteiger partial charge on any atom is 0.305 e. The van der Waals surface area contributed by atoms with E-state index >= 15 is 0 Å². The predicted molar refractivity (Wildman–Crippen MR) is 96.2 cm³/mol. The van der Waals surface area contributed by atoms with Crippen molar-refractivity contribution in [3.63, 3.8) is 0 Å². The summed E-state index contributed by atoms with van der Waals surface area (Å²) in [5.74, 6) is -1.25. The molecule has 10 heteroatoms. The van der Waals surface area contributed by atoms with Crippen molar-refractivity contribution in [2.24, 2.45) is 0 Å². The number of amides is 1. The molecule has 0 bridgehead atoms. The van der Waals surface area contributed by atoms with E-state index in [2.05, 4.69) is 20.5 Å². The van der Waals surface area contributed by atoms with Crippen molar-refractivity contribution in [2.75, 3.05) is 5.32 Å². The molecule has 26 heavy (non-hydrogen) atoms. The number of nitrogens with one attached hydrogen (secondary N) is 1. The van der Waals surface area contributed by atoms with Crippen LogP contribution in [0.3, 0.4) is 0 Å². The molecule has 0 spiro atoms. The van der Waals surface area contributed by atoms with Gasteiger partial charge in [-0.3, -0.25) is 24.3 Å². The van der Waals surface area contributed by atoms with Crippen molar-refractivity contribution in [1.82, 2.24) is 24.5 Å². The van der Waals surface area contributed by atoms with Gasteiger partial charge in [0.15, 0.2) is 5.13 Å². The monoisotopic (exact) mass is 374 g/mol. The van der Waals surface area contributed by atoms with Gasteiger partial charge < -0.3 is 5.11 Å². The van der Waals surface area contributed by atoms with Crippen LogP contribution in [0.1, 0.15) is 29.4 Å². The Kier molecular flexibility index (Phi) is 5.12. The number of thiazole rings is 1. The average Bonchev–Trinajstić information content (AvgIpc) is 3.32. The molecule has 3 heterocycles. The lowest BCUT2D eigenvalue weighted by Crippen LogP contribution is -2.11. The summed E-state index contributed by atoms with van der Waals surface area (Å²) in [6.45, 7) is 4.93. The highest BCUT2D eigenvalue weighted by Gasteiger charge is 2.14. The van der Waals surface area contributed by atoms with Gasteiger partial charge in [-0.25, -0.2) is 4.98 Å². The van der Waals surface area contributed by atoms with E-state index in [0.29, 0.717) is 10.7 Å². The second kappa shape index (κ2) is 7.48. The summed E-state index contributed by atoms with van der Waals surface area (Å²) in [5.41, 5.74) is 2.93. The van der Waals surface area contributed by atoms with E-state index in [9.17, 15) is 9.59 Å². The van der Waals surface area contributed by atoms with E-state index in [-0.39, 0.29) is 18.9 Å². The Morgan fingerprint density at radius 1 is 1.31 bits per heavy atom. The van der Waals surface area contributed by atoms with Gasteiger partial charge in [0, 0.05) is 29.9 Å². The molecule has 0 unspecified atom stereocenters. The van der Waals surface area contributed by atoms with Crippen LogP contribution in [0, 0.1) is 6.92 Å². The molecule has 2 N–H and O–H groups in total. The predicted octanol–water partition coefficient (Wildman–Crippen LogP) is 2.26. The first kappa shape index (κ1) is 17.8. The Bertz CT molecular complexity index is 942. The summed E-state index contributed by atoms with van der Waals surface area (Å²) in [6, 6.07) is 0. The van der Waals surface area contributed by atoms with Crippen LogP contribution in [0.4, 0.5) is 5.13 Å². The molecule has 0 atom stereocenters. The molecule has 0 aliphatic carbocycles. The number of aliphatic carboxylic acids is 1. The molecule has 136 valence electrons. The number of carboxylic acid groups (broad SMARTS) is 1. The fraction of sp³-hybridized carbons (Fsp3) is 0.312. The highest BCUT2D eigenvalue weighted by molar-refractivity contribution is 7.14. The second-order valence-corrected chi connectivity index (χ2v) is 6.47. The maximum absolute atomic E-state index is 12.3. The number of aryl methyl sites for hydroxylation is 3. The first-order chi connectivity index (χ1) is 12.5. The van der Waals surface area contributed by atoms with Crippen molar-refractivity contribution in [2.45, 2.75) is 33.4 Å². The van der Waals surface area contributed by atoms with Crippen LogP contribution in [-0.4, -0.2) is 41.5 Å². The van der Waals surface area contributed by atoms with Gasteiger partial charge in [0.2, 0.25) is 0 Å². The minimum atomic E-state index is -0.913. The topological polar surface area (TPSA) is 115 Å². The zero-order chi connectivity index (χ0) is 18.7. The summed E-state index contributed by atoms with van der Waals surface area (Å²) in [5, 5.41) is 22.2. The third kappa shape index (κ3) is 3.97. The van der Waals surface area contributed by atoms with Gasteiger partial charge in [-0.2, -0.15) is 10.2 Å². The molecule has 3 rings (SSSR count). The van der Waals surface area contributed by atoms with Crippen LogP contribution in [0.25, 0.3) is 11.3 Å². The Morgan fingerprint density at radius 2 is 2.12 bits per heavy atom. The molecule has 9 nitrogen and oxygen atoms in total. The SMILES string of the molecule is CCn1cc(-c2csc(NC(=O)c3cnn(CCC(=O)O)c3)n2)c(C)n1. The summed E-state index contributed by atoms with van der Waals surface area (Å²) >= 11 is 1.33. The molecule has 0 radical (unpaired) electrons. The Hall–Kier alpha value is -3.01. The third-order valence-corrected chi connectivity index (χ3v) is 4.48. The number of carbonyl (C=O) groups is 2. The summed E-state index contributed by atoms with van der Waals surface area (Å²) in [4.78, 5) is 27.3. The lowest BCUT2D eigenvalue weighted by atomic mass is 10.2. The zero-order valence-corrected chi connectivity index (χ0v) is 15.2. The van der Waals surface area contributed by atoms with E-state index in [1.165, 1.54) is 28.4 Å². The Balaban J connectivity index is 1.68.